The molecule has 3 heteroatoms. The maximum atomic E-state index is 12.2. The van der Waals surface area contributed by atoms with Crippen molar-refractivity contribution >= 4 is 5.97 Å². The Labute approximate surface area is 202 Å². The third kappa shape index (κ3) is 18.9. The predicted octanol–water partition coefficient (Wildman–Crippen LogP) is 8.84. The first-order valence-corrected chi connectivity index (χ1v) is 14.6. The normalized spacial score (nSPS) is 11.8. The molecule has 32 heavy (non-hydrogen) atoms. The molecule has 0 atom stereocenters. The van der Waals surface area contributed by atoms with Gasteiger partial charge in [-0.3, -0.25) is 4.79 Å². The van der Waals surface area contributed by atoms with E-state index in [4.69, 9.17) is 4.74 Å². The first-order valence-electron chi connectivity index (χ1n) is 14.6. The number of quaternary nitrogens is 1. The predicted molar refractivity (Wildman–Crippen MR) is 141 cm³/mol. The van der Waals surface area contributed by atoms with Crippen molar-refractivity contribution in [1.82, 2.24) is 0 Å². The van der Waals surface area contributed by atoms with Crippen LogP contribution in [-0.2, 0) is 9.53 Å². The molecule has 0 aliphatic rings. The molecule has 0 aliphatic carbocycles. The van der Waals surface area contributed by atoms with Crippen LogP contribution in [-0.4, -0.2) is 43.2 Å². The summed E-state index contributed by atoms with van der Waals surface area (Å²) in [6, 6.07) is 0. The van der Waals surface area contributed by atoms with E-state index in [9.17, 15) is 4.79 Å². The second-order valence-electron chi connectivity index (χ2n) is 10.1. The molecule has 0 spiro atoms. The second-order valence-corrected chi connectivity index (χ2v) is 10.1. The first-order chi connectivity index (χ1) is 15.6. The van der Waals surface area contributed by atoms with E-state index in [1.54, 1.807) is 0 Å². The highest BCUT2D eigenvalue weighted by atomic mass is 16.5. The summed E-state index contributed by atoms with van der Waals surface area (Å²) in [7, 11) is 0. The summed E-state index contributed by atoms with van der Waals surface area (Å²) in [6.45, 7) is 14.1. The number of ether oxygens (including phenoxy) is 1. The Hall–Kier alpha value is -0.570. The lowest BCUT2D eigenvalue weighted by Gasteiger charge is -2.39. The minimum atomic E-state index is 0.00355. The lowest BCUT2D eigenvalue weighted by atomic mass is 10.1. The largest absolute Gasteiger partial charge is 0.466 e. The molecule has 0 N–H and O–H groups in total. The van der Waals surface area contributed by atoms with Crippen LogP contribution in [0.5, 0.6) is 0 Å². The van der Waals surface area contributed by atoms with Crippen LogP contribution in [0.2, 0.25) is 0 Å². The Morgan fingerprint density at radius 1 is 0.500 bits per heavy atom. The van der Waals surface area contributed by atoms with Gasteiger partial charge in [-0.15, -0.1) is 0 Å². The molecule has 0 aromatic rings. The summed E-state index contributed by atoms with van der Waals surface area (Å²) in [5.74, 6) is 0.00355. The van der Waals surface area contributed by atoms with Gasteiger partial charge in [0.25, 0.3) is 0 Å². The van der Waals surface area contributed by atoms with Gasteiger partial charge in [-0.1, -0.05) is 97.8 Å². The van der Waals surface area contributed by atoms with Crippen LogP contribution < -0.4 is 0 Å². The van der Waals surface area contributed by atoms with E-state index in [-0.39, 0.29) is 5.97 Å². The monoisotopic (exact) mass is 454 g/mol. The molecule has 0 heterocycles. The van der Waals surface area contributed by atoms with Gasteiger partial charge in [-0.05, 0) is 45.4 Å². The molecule has 3 nitrogen and oxygen atoms in total. The molecule has 0 aliphatic heterocycles. The highest BCUT2D eigenvalue weighted by molar-refractivity contribution is 5.69. The fourth-order valence-corrected chi connectivity index (χ4v) is 4.92. The van der Waals surface area contributed by atoms with E-state index < -0.39 is 0 Å². The molecule has 0 amide bonds. The molecule has 0 rings (SSSR count). The number of unbranched alkanes of at least 4 members (excludes halogenated alkanes) is 15. The van der Waals surface area contributed by atoms with Crippen LogP contribution in [0.15, 0.2) is 0 Å². The van der Waals surface area contributed by atoms with Crippen molar-refractivity contribution in [2.45, 2.75) is 150 Å². The van der Waals surface area contributed by atoms with Crippen molar-refractivity contribution in [3.8, 4) is 0 Å². The Kier molecular flexibility index (Phi) is 23.2. The summed E-state index contributed by atoms with van der Waals surface area (Å²) < 4.78 is 6.46. The lowest BCUT2D eigenvalue weighted by Crippen LogP contribution is -2.51. The maximum absolute atomic E-state index is 12.2. The van der Waals surface area contributed by atoms with Crippen molar-refractivity contribution in [2.24, 2.45) is 0 Å². The highest BCUT2D eigenvalue weighted by Crippen LogP contribution is 2.19. The van der Waals surface area contributed by atoms with Crippen LogP contribution in [0.1, 0.15) is 150 Å². The molecule has 0 radical (unpaired) electrons. The minimum absolute atomic E-state index is 0.00355. The van der Waals surface area contributed by atoms with Crippen molar-refractivity contribution in [3.63, 3.8) is 0 Å². The number of esters is 1. The second kappa shape index (κ2) is 23.6. The smallest absolute Gasteiger partial charge is 0.311 e. The van der Waals surface area contributed by atoms with Crippen LogP contribution in [0.3, 0.4) is 0 Å². The number of hydrogen-bond donors (Lipinski definition) is 0. The first kappa shape index (κ1) is 31.4. The Morgan fingerprint density at radius 2 is 0.844 bits per heavy atom. The quantitative estimate of drug-likeness (QED) is 0.0782. The van der Waals surface area contributed by atoms with Crippen LogP contribution in [0.25, 0.3) is 0 Å². The van der Waals surface area contributed by atoms with Crippen molar-refractivity contribution in [1.29, 1.82) is 0 Å². The van der Waals surface area contributed by atoms with Gasteiger partial charge in [-0.25, -0.2) is 0 Å². The number of carbonyl (C=O) groups excluding carboxylic acids is 1. The minimum Gasteiger partial charge on any atom is -0.466 e. The van der Waals surface area contributed by atoms with E-state index >= 15 is 0 Å². The van der Waals surface area contributed by atoms with E-state index in [1.807, 2.05) is 6.92 Å². The van der Waals surface area contributed by atoms with Crippen molar-refractivity contribution in [3.05, 3.63) is 0 Å². The molecule has 0 saturated heterocycles. The number of hydrogen-bond acceptors (Lipinski definition) is 2. The standard InChI is InChI=1S/C29H60NO2/c1-5-9-12-15-18-21-25-30(28-24-29(31)32-8-4,26-22-19-16-13-10-6-2)27-23-20-17-14-11-7-3/h5-28H2,1-4H3/q+1. The van der Waals surface area contributed by atoms with E-state index in [2.05, 4.69) is 20.8 Å². The summed E-state index contributed by atoms with van der Waals surface area (Å²) in [4.78, 5) is 12.2. The Morgan fingerprint density at radius 3 is 1.19 bits per heavy atom. The average molecular weight is 455 g/mol. The van der Waals surface area contributed by atoms with Crippen LogP contribution >= 0.6 is 0 Å². The number of nitrogens with zero attached hydrogens (tertiary/aromatic N) is 1. The van der Waals surface area contributed by atoms with Crippen LogP contribution in [0.4, 0.5) is 0 Å². The van der Waals surface area contributed by atoms with Gasteiger partial charge >= 0.3 is 5.97 Å². The fraction of sp³-hybridized carbons (Fsp3) is 0.966. The highest BCUT2D eigenvalue weighted by Gasteiger charge is 2.27. The van der Waals surface area contributed by atoms with Crippen molar-refractivity contribution < 1.29 is 14.0 Å². The fourth-order valence-electron chi connectivity index (χ4n) is 4.92. The van der Waals surface area contributed by atoms with Gasteiger partial charge in [0.1, 0.15) is 0 Å². The molecule has 0 fully saturated rings. The van der Waals surface area contributed by atoms with Gasteiger partial charge < -0.3 is 9.22 Å². The molecule has 0 aromatic carbocycles. The molecule has 0 saturated carbocycles. The van der Waals surface area contributed by atoms with E-state index in [1.165, 1.54) is 135 Å². The SMILES string of the molecule is CCCCCCCC[N+](CCCCCCCC)(CCCCCCCC)CCC(=O)OCC. The van der Waals surface area contributed by atoms with Crippen molar-refractivity contribution in [2.75, 3.05) is 32.8 Å². The summed E-state index contributed by atoms with van der Waals surface area (Å²) in [6.07, 6.45) is 24.9. The van der Waals surface area contributed by atoms with Gasteiger partial charge in [0.15, 0.2) is 0 Å². The van der Waals surface area contributed by atoms with E-state index in [0.29, 0.717) is 13.0 Å². The molecule has 192 valence electrons. The van der Waals surface area contributed by atoms with Gasteiger partial charge in [0, 0.05) is 0 Å². The van der Waals surface area contributed by atoms with Crippen LogP contribution in [0, 0.1) is 0 Å². The molecular weight excluding hydrogens is 394 g/mol. The zero-order valence-electron chi connectivity index (χ0n) is 22.7. The molecule has 0 aromatic heterocycles. The summed E-state index contributed by atoms with van der Waals surface area (Å²) in [5.41, 5.74) is 0. The summed E-state index contributed by atoms with van der Waals surface area (Å²) in [5, 5.41) is 0. The maximum Gasteiger partial charge on any atom is 0.311 e. The summed E-state index contributed by atoms with van der Waals surface area (Å²) >= 11 is 0. The zero-order chi connectivity index (χ0) is 23.8. The molecule has 0 unspecified atom stereocenters. The van der Waals surface area contributed by atoms with Gasteiger partial charge in [0.2, 0.25) is 0 Å². The van der Waals surface area contributed by atoms with Gasteiger partial charge in [0.05, 0.1) is 39.2 Å². The average Bonchev–Trinajstić information content (AvgIpc) is 2.79. The number of rotatable bonds is 25. The number of carbonyl (C=O) groups is 1. The van der Waals surface area contributed by atoms with Gasteiger partial charge in [-0.2, -0.15) is 0 Å². The Bertz CT molecular complexity index is 356. The third-order valence-corrected chi connectivity index (χ3v) is 7.05. The third-order valence-electron chi connectivity index (χ3n) is 7.05. The topological polar surface area (TPSA) is 26.3 Å². The molecular formula is C29H60NO2+. The lowest BCUT2D eigenvalue weighted by molar-refractivity contribution is -0.928. The zero-order valence-corrected chi connectivity index (χ0v) is 22.7. The molecule has 0 bridgehead atoms. The Balaban J connectivity index is 4.85. The van der Waals surface area contributed by atoms with E-state index in [0.717, 1.165) is 11.0 Å².